The molecule has 2 rings (SSSR count). The fraction of sp³-hybridized carbons (Fsp3) is 0.214. The average Bonchev–Trinajstić information content (AvgIpc) is 2.47. The Labute approximate surface area is 128 Å². The van der Waals surface area contributed by atoms with E-state index in [9.17, 15) is 18.5 Å². The lowest BCUT2D eigenvalue weighted by Gasteiger charge is -2.15. The van der Waals surface area contributed by atoms with Gasteiger partial charge in [0, 0.05) is 12.3 Å². The third-order valence-corrected chi connectivity index (χ3v) is 4.06. The zero-order valence-corrected chi connectivity index (χ0v) is 12.9. The SMILES string of the molecule is C[C@@H](Nc1nc(S(C)(=O)=O)ccc1[N+](=O)[O-])c1ccccc1. The monoisotopic (exact) mass is 321 g/mol. The number of hydrogen-bond donors (Lipinski definition) is 1. The predicted molar refractivity (Wildman–Crippen MR) is 82.5 cm³/mol. The van der Waals surface area contributed by atoms with Crippen molar-refractivity contribution in [1.29, 1.82) is 0 Å². The highest BCUT2D eigenvalue weighted by Crippen LogP contribution is 2.27. The van der Waals surface area contributed by atoms with Gasteiger partial charge in [-0.2, -0.15) is 0 Å². The lowest BCUT2D eigenvalue weighted by Crippen LogP contribution is -2.12. The summed E-state index contributed by atoms with van der Waals surface area (Å²) in [4.78, 5) is 14.4. The maximum atomic E-state index is 11.6. The third-order valence-electron chi connectivity index (χ3n) is 3.08. The molecule has 1 aromatic heterocycles. The summed E-state index contributed by atoms with van der Waals surface area (Å²) < 4.78 is 23.1. The van der Waals surface area contributed by atoms with Gasteiger partial charge < -0.3 is 5.32 Å². The highest BCUT2D eigenvalue weighted by atomic mass is 32.2. The first-order valence-electron chi connectivity index (χ1n) is 6.46. The number of benzene rings is 1. The minimum atomic E-state index is -3.54. The van der Waals surface area contributed by atoms with Crippen molar-refractivity contribution in [1.82, 2.24) is 4.98 Å². The highest BCUT2D eigenvalue weighted by molar-refractivity contribution is 7.90. The molecule has 0 bridgehead atoms. The van der Waals surface area contributed by atoms with E-state index in [1.165, 1.54) is 0 Å². The first-order valence-corrected chi connectivity index (χ1v) is 8.35. The van der Waals surface area contributed by atoms with E-state index >= 15 is 0 Å². The van der Waals surface area contributed by atoms with Crippen LogP contribution >= 0.6 is 0 Å². The molecule has 0 saturated carbocycles. The van der Waals surface area contributed by atoms with Crippen LogP contribution in [0, 0.1) is 10.1 Å². The second-order valence-electron chi connectivity index (χ2n) is 4.82. The summed E-state index contributed by atoms with van der Waals surface area (Å²) >= 11 is 0. The van der Waals surface area contributed by atoms with E-state index in [1.807, 2.05) is 37.3 Å². The van der Waals surface area contributed by atoms with Crippen molar-refractivity contribution < 1.29 is 13.3 Å². The van der Waals surface area contributed by atoms with E-state index in [0.29, 0.717) is 0 Å². The largest absolute Gasteiger partial charge is 0.358 e. The minimum absolute atomic E-state index is 0.0655. The lowest BCUT2D eigenvalue weighted by atomic mass is 10.1. The fourth-order valence-corrected chi connectivity index (χ4v) is 2.50. The number of sulfone groups is 1. The molecule has 0 aliphatic rings. The number of nitrogens with zero attached hydrogens (tertiary/aromatic N) is 2. The maximum absolute atomic E-state index is 11.6. The van der Waals surface area contributed by atoms with E-state index in [-0.39, 0.29) is 22.6 Å². The van der Waals surface area contributed by atoms with Crippen molar-refractivity contribution in [2.75, 3.05) is 11.6 Å². The quantitative estimate of drug-likeness (QED) is 0.670. The van der Waals surface area contributed by atoms with Crippen LogP contribution in [0.4, 0.5) is 11.5 Å². The predicted octanol–water partition coefficient (Wildman–Crippen LogP) is 2.57. The molecule has 116 valence electrons. The van der Waals surface area contributed by atoms with Crippen LogP contribution in [0.1, 0.15) is 18.5 Å². The molecule has 0 spiro atoms. The number of nitro groups is 1. The molecule has 0 aliphatic carbocycles. The van der Waals surface area contributed by atoms with Crippen LogP contribution in [-0.2, 0) is 9.84 Å². The molecule has 1 heterocycles. The van der Waals surface area contributed by atoms with E-state index in [4.69, 9.17) is 0 Å². The fourth-order valence-electron chi connectivity index (χ4n) is 1.92. The Morgan fingerprint density at radius 1 is 1.18 bits per heavy atom. The average molecular weight is 321 g/mol. The number of nitrogens with one attached hydrogen (secondary N) is 1. The van der Waals surface area contributed by atoms with Crippen LogP contribution < -0.4 is 5.32 Å². The Bertz CT molecular complexity index is 791. The Morgan fingerprint density at radius 3 is 2.36 bits per heavy atom. The number of pyridine rings is 1. The van der Waals surface area contributed by atoms with Gasteiger partial charge in [-0.3, -0.25) is 10.1 Å². The van der Waals surface area contributed by atoms with Crippen molar-refractivity contribution in [3.63, 3.8) is 0 Å². The molecule has 0 radical (unpaired) electrons. The topological polar surface area (TPSA) is 102 Å². The Balaban J connectivity index is 2.41. The normalized spacial score (nSPS) is 12.6. The number of rotatable bonds is 5. The van der Waals surface area contributed by atoms with Gasteiger partial charge in [-0.1, -0.05) is 30.3 Å². The summed E-state index contributed by atoms with van der Waals surface area (Å²) in [6.45, 7) is 1.81. The Kier molecular flexibility index (Phi) is 4.41. The van der Waals surface area contributed by atoms with Crippen molar-refractivity contribution in [3.05, 3.63) is 58.1 Å². The molecule has 2 aromatic rings. The van der Waals surface area contributed by atoms with Gasteiger partial charge in [-0.05, 0) is 18.6 Å². The smallest absolute Gasteiger partial charge is 0.311 e. The summed E-state index contributed by atoms with van der Waals surface area (Å²) in [5.41, 5.74) is 0.638. The van der Waals surface area contributed by atoms with Gasteiger partial charge in [0.25, 0.3) is 0 Å². The van der Waals surface area contributed by atoms with Crippen molar-refractivity contribution >= 4 is 21.3 Å². The van der Waals surface area contributed by atoms with Gasteiger partial charge >= 0.3 is 5.69 Å². The minimum Gasteiger partial charge on any atom is -0.358 e. The standard InChI is InChI=1S/C14H15N3O4S/c1-10(11-6-4-3-5-7-11)15-14-12(17(18)19)8-9-13(16-14)22(2,20)21/h3-10H,1-2H3,(H,15,16)/t10-/m1/s1. The number of hydrogen-bond acceptors (Lipinski definition) is 6. The van der Waals surface area contributed by atoms with Gasteiger partial charge in [-0.25, -0.2) is 13.4 Å². The van der Waals surface area contributed by atoms with Crippen LogP contribution in [0.2, 0.25) is 0 Å². The van der Waals surface area contributed by atoms with Gasteiger partial charge in [0.2, 0.25) is 5.82 Å². The van der Waals surface area contributed by atoms with Crippen LogP contribution in [0.15, 0.2) is 47.5 Å². The molecule has 1 atom stereocenters. The summed E-state index contributed by atoms with van der Waals surface area (Å²) in [7, 11) is -3.54. The third kappa shape index (κ3) is 3.59. The van der Waals surface area contributed by atoms with E-state index in [2.05, 4.69) is 10.3 Å². The van der Waals surface area contributed by atoms with Crippen LogP contribution in [0.3, 0.4) is 0 Å². The molecular weight excluding hydrogens is 306 g/mol. The first-order chi connectivity index (χ1) is 10.3. The number of aromatic nitrogens is 1. The zero-order chi connectivity index (χ0) is 16.3. The molecule has 1 N–H and O–H groups in total. The summed E-state index contributed by atoms with van der Waals surface area (Å²) in [6, 6.07) is 11.3. The molecule has 0 fully saturated rings. The van der Waals surface area contributed by atoms with Gasteiger partial charge in [0.05, 0.1) is 11.0 Å². The highest BCUT2D eigenvalue weighted by Gasteiger charge is 2.21. The molecule has 7 nitrogen and oxygen atoms in total. The second kappa shape index (κ2) is 6.10. The zero-order valence-electron chi connectivity index (χ0n) is 12.1. The molecule has 0 amide bonds. The van der Waals surface area contributed by atoms with Gasteiger partial charge in [0.1, 0.15) is 0 Å². The Hall–Kier alpha value is -2.48. The van der Waals surface area contributed by atoms with E-state index in [0.717, 1.165) is 24.0 Å². The maximum Gasteiger partial charge on any atom is 0.311 e. The molecule has 0 aliphatic heterocycles. The Morgan fingerprint density at radius 2 is 1.82 bits per heavy atom. The molecular formula is C14H15N3O4S. The molecule has 22 heavy (non-hydrogen) atoms. The van der Waals surface area contributed by atoms with Crippen molar-refractivity contribution in [3.8, 4) is 0 Å². The van der Waals surface area contributed by atoms with Crippen LogP contribution in [-0.4, -0.2) is 24.6 Å². The first kappa shape index (κ1) is 15.9. The lowest BCUT2D eigenvalue weighted by molar-refractivity contribution is -0.384. The molecule has 8 heteroatoms. The van der Waals surface area contributed by atoms with Crippen molar-refractivity contribution in [2.45, 2.75) is 18.0 Å². The van der Waals surface area contributed by atoms with Crippen molar-refractivity contribution in [2.24, 2.45) is 0 Å². The molecule has 0 unspecified atom stereocenters. The number of anilines is 1. The van der Waals surface area contributed by atoms with Crippen LogP contribution in [0.25, 0.3) is 0 Å². The van der Waals surface area contributed by atoms with E-state index in [1.54, 1.807) is 0 Å². The summed E-state index contributed by atoms with van der Waals surface area (Å²) in [5, 5.41) is 13.8. The van der Waals surface area contributed by atoms with Crippen LogP contribution in [0.5, 0.6) is 0 Å². The van der Waals surface area contributed by atoms with Gasteiger partial charge in [-0.15, -0.1) is 0 Å². The molecule has 1 aromatic carbocycles. The summed E-state index contributed by atoms with van der Waals surface area (Å²) in [5.74, 6) is -0.0655. The van der Waals surface area contributed by atoms with Gasteiger partial charge in [0.15, 0.2) is 14.9 Å². The molecule has 0 saturated heterocycles. The summed E-state index contributed by atoms with van der Waals surface area (Å²) in [6.07, 6.45) is 1.01. The van der Waals surface area contributed by atoms with E-state index < -0.39 is 14.8 Å². The second-order valence-corrected chi connectivity index (χ2v) is 6.79.